The Morgan fingerprint density at radius 1 is 1.21 bits per heavy atom. The van der Waals surface area contributed by atoms with Gasteiger partial charge < -0.3 is 14.7 Å². The number of carbonyl (C=O) groups is 2. The first-order valence-corrected chi connectivity index (χ1v) is 11.0. The van der Waals surface area contributed by atoms with Crippen molar-refractivity contribution in [2.24, 2.45) is 11.8 Å². The van der Waals surface area contributed by atoms with E-state index in [4.69, 9.17) is 4.74 Å². The van der Waals surface area contributed by atoms with Crippen LogP contribution in [-0.4, -0.2) is 36.7 Å². The van der Waals surface area contributed by atoms with Crippen molar-refractivity contribution < 1.29 is 19.4 Å². The molecule has 1 amide bonds. The Morgan fingerprint density at radius 2 is 1.86 bits per heavy atom. The van der Waals surface area contributed by atoms with Crippen LogP contribution in [-0.2, 0) is 9.53 Å². The maximum atomic E-state index is 13.5. The molecule has 1 heterocycles. The number of benzene rings is 1. The Labute approximate surface area is 176 Å². The smallest absolute Gasteiger partial charge is 0.348 e. The number of ether oxygens (including phenoxy) is 1. The van der Waals surface area contributed by atoms with Crippen LogP contribution in [0.5, 0.6) is 0 Å². The van der Waals surface area contributed by atoms with Crippen molar-refractivity contribution in [3.05, 3.63) is 41.3 Å². The average Bonchev–Trinajstić information content (AvgIpc) is 3.15. The van der Waals surface area contributed by atoms with E-state index < -0.39 is 5.97 Å². The molecular weight excluding hydrogens is 386 g/mol. The van der Waals surface area contributed by atoms with Gasteiger partial charge in [-0.05, 0) is 50.2 Å². The summed E-state index contributed by atoms with van der Waals surface area (Å²) in [6.45, 7) is 4.49. The third kappa shape index (κ3) is 4.87. The summed E-state index contributed by atoms with van der Waals surface area (Å²) in [6.07, 6.45) is 3.78. The largest absolute Gasteiger partial charge is 0.477 e. The summed E-state index contributed by atoms with van der Waals surface area (Å²) in [4.78, 5) is 28.3. The van der Waals surface area contributed by atoms with Crippen LogP contribution in [0.25, 0.3) is 10.4 Å². The Kier molecular flexibility index (Phi) is 7.09. The molecule has 0 bridgehead atoms. The molecule has 1 atom stereocenters. The highest BCUT2D eigenvalue weighted by Gasteiger charge is 2.34. The molecule has 6 heteroatoms. The molecule has 29 heavy (non-hydrogen) atoms. The van der Waals surface area contributed by atoms with Crippen molar-refractivity contribution in [2.75, 3.05) is 18.6 Å². The van der Waals surface area contributed by atoms with Gasteiger partial charge in [-0.3, -0.25) is 4.79 Å². The van der Waals surface area contributed by atoms with Crippen molar-refractivity contribution >= 4 is 28.9 Å². The zero-order valence-corrected chi connectivity index (χ0v) is 18.1. The minimum atomic E-state index is -1.01. The molecule has 1 unspecified atom stereocenters. The van der Waals surface area contributed by atoms with Gasteiger partial charge >= 0.3 is 5.97 Å². The van der Waals surface area contributed by atoms with Gasteiger partial charge in [0.05, 0.1) is 18.3 Å². The average molecular weight is 416 g/mol. The molecule has 3 rings (SSSR count). The van der Waals surface area contributed by atoms with Gasteiger partial charge in [-0.2, -0.15) is 0 Å². The number of rotatable bonds is 7. The van der Waals surface area contributed by atoms with Crippen LogP contribution in [0.2, 0.25) is 0 Å². The lowest BCUT2D eigenvalue weighted by Crippen LogP contribution is -2.45. The van der Waals surface area contributed by atoms with E-state index in [1.54, 1.807) is 12.0 Å². The standard InChI is InChI=1S/C23H29NO4S/c1-15-9-11-18(12-10-15)22(25)24(16(2)14-28-3)19-13-20(29-21(19)23(26)27)17-7-5-4-6-8-17/h4-8,13,15-16,18H,9-12,14H2,1-3H3,(H,26,27)/t15-,16?,18-. The second-order valence-electron chi connectivity index (χ2n) is 7.97. The number of carboxylic acid groups (broad SMARTS) is 1. The third-order valence-electron chi connectivity index (χ3n) is 5.68. The number of thiophene rings is 1. The van der Waals surface area contributed by atoms with Crippen molar-refractivity contribution in [1.82, 2.24) is 0 Å². The number of hydrogen-bond acceptors (Lipinski definition) is 4. The molecule has 1 saturated carbocycles. The zero-order valence-electron chi connectivity index (χ0n) is 17.3. The first-order chi connectivity index (χ1) is 13.9. The van der Waals surface area contributed by atoms with Crippen molar-refractivity contribution in [2.45, 2.75) is 45.6 Å². The highest BCUT2D eigenvalue weighted by molar-refractivity contribution is 7.18. The molecule has 1 N–H and O–H groups in total. The number of carbonyl (C=O) groups excluding carboxylic acids is 1. The fourth-order valence-corrected chi connectivity index (χ4v) is 5.04. The summed E-state index contributed by atoms with van der Waals surface area (Å²) in [5.74, 6) is -0.412. The lowest BCUT2D eigenvalue weighted by molar-refractivity contribution is -0.124. The number of hydrogen-bond donors (Lipinski definition) is 1. The second-order valence-corrected chi connectivity index (χ2v) is 9.02. The molecule has 0 radical (unpaired) electrons. The first kappa shape index (κ1) is 21.5. The Morgan fingerprint density at radius 3 is 2.45 bits per heavy atom. The van der Waals surface area contributed by atoms with E-state index in [9.17, 15) is 14.7 Å². The summed E-state index contributed by atoms with van der Waals surface area (Å²) in [5, 5.41) is 9.85. The SMILES string of the molecule is COCC(C)N(c1cc(-c2ccccc2)sc1C(=O)O)C(=O)[C@H]1CC[C@H](C)CC1. The number of nitrogens with zero attached hydrogens (tertiary/aromatic N) is 1. The number of anilines is 1. The Hall–Kier alpha value is -2.18. The Bertz CT molecular complexity index is 840. The number of aromatic carboxylic acids is 1. The molecule has 1 aromatic carbocycles. The molecule has 2 aromatic rings. The minimum absolute atomic E-state index is 0.0151. The molecular formula is C23H29NO4S. The van der Waals surface area contributed by atoms with Crippen LogP contribution in [0.15, 0.2) is 36.4 Å². The van der Waals surface area contributed by atoms with Crippen molar-refractivity contribution in [3.63, 3.8) is 0 Å². The fourth-order valence-electron chi connectivity index (χ4n) is 4.05. The van der Waals surface area contributed by atoms with Crippen LogP contribution in [0.4, 0.5) is 5.69 Å². The van der Waals surface area contributed by atoms with E-state index in [-0.39, 0.29) is 22.7 Å². The van der Waals surface area contributed by atoms with Gasteiger partial charge in [0.1, 0.15) is 4.88 Å². The molecule has 1 aromatic heterocycles. The third-order valence-corrected chi connectivity index (χ3v) is 6.84. The maximum absolute atomic E-state index is 13.5. The molecule has 0 spiro atoms. The quantitative estimate of drug-likeness (QED) is 0.666. The summed E-state index contributed by atoms with van der Waals surface area (Å²) in [6, 6.07) is 11.3. The zero-order chi connectivity index (χ0) is 21.0. The highest BCUT2D eigenvalue weighted by Crippen LogP contribution is 2.39. The van der Waals surface area contributed by atoms with Crippen LogP contribution < -0.4 is 4.90 Å². The second kappa shape index (κ2) is 9.55. The minimum Gasteiger partial charge on any atom is -0.477 e. The lowest BCUT2D eigenvalue weighted by atomic mass is 9.82. The van der Waals surface area contributed by atoms with Crippen molar-refractivity contribution in [3.8, 4) is 10.4 Å². The molecule has 0 saturated heterocycles. The monoisotopic (exact) mass is 415 g/mol. The fraction of sp³-hybridized carbons (Fsp3) is 0.478. The van der Waals surface area contributed by atoms with Gasteiger partial charge in [0.25, 0.3) is 0 Å². The summed E-state index contributed by atoms with van der Waals surface area (Å²) >= 11 is 1.21. The number of carboxylic acids is 1. The van der Waals surface area contributed by atoms with Gasteiger partial charge in [0.2, 0.25) is 5.91 Å². The molecule has 1 aliphatic carbocycles. The Balaban J connectivity index is 2.01. The predicted octanol–water partition coefficient (Wildman–Crippen LogP) is 5.31. The van der Waals surface area contributed by atoms with Crippen LogP contribution >= 0.6 is 11.3 Å². The molecule has 0 aliphatic heterocycles. The van der Waals surface area contributed by atoms with E-state index in [1.165, 1.54) is 11.3 Å². The van der Waals surface area contributed by atoms with Crippen LogP contribution in [0, 0.1) is 11.8 Å². The van der Waals surface area contributed by atoms with E-state index in [1.807, 2.05) is 43.3 Å². The normalized spacial score (nSPS) is 20.2. The molecule has 1 fully saturated rings. The van der Waals surface area contributed by atoms with Gasteiger partial charge in [-0.25, -0.2) is 4.79 Å². The van der Waals surface area contributed by atoms with E-state index >= 15 is 0 Å². The van der Waals surface area contributed by atoms with Gasteiger partial charge in [0, 0.05) is 17.9 Å². The number of amides is 1. The van der Waals surface area contributed by atoms with Crippen LogP contribution in [0.3, 0.4) is 0 Å². The van der Waals surface area contributed by atoms with Crippen LogP contribution in [0.1, 0.15) is 49.2 Å². The first-order valence-electron chi connectivity index (χ1n) is 10.2. The summed E-state index contributed by atoms with van der Waals surface area (Å²) in [5.41, 5.74) is 1.43. The highest BCUT2D eigenvalue weighted by atomic mass is 32.1. The summed E-state index contributed by atoms with van der Waals surface area (Å²) in [7, 11) is 1.60. The van der Waals surface area contributed by atoms with Crippen molar-refractivity contribution in [1.29, 1.82) is 0 Å². The van der Waals surface area contributed by atoms with Gasteiger partial charge in [-0.15, -0.1) is 11.3 Å². The van der Waals surface area contributed by atoms with E-state index in [0.29, 0.717) is 18.2 Å². The maximum Gasteiger partial charge on any atom is 0.348 e. The summed E-state index contributed by atoms with van der Waals surface area (Å²) < 4.78 is 5.31. The molecule has 5 nitrogen and oxygen atoms in total. The topological polar surface area (TPSA) is 66.8 Å². The van der Waals surface area contributed by atoms with E-state index in [0.717, 1.165) is 36.1 Å². The molecule has 156 valence electrons. The van der Waals surface area contributed by atoms with Gasteiger partial charge in [0.15, 0.2) is 0 Å². The molecule has 1 aliphatic rings. The predicted molar refractivity (Wildman–Crippen MR) is 117 cm³/mol. The van der Waals surface area contributed by atoms with Gasteiger partial charge in [-0.1, -0.05) is 37.3 Å². The number of methoxy groups -OCH3 is 1. The van der Waals surface area contributed by atoms with E-state index in [2.05, 4.69) is 6.92 Å². The lowest BCUT2D eigenvalue weighted by Gasteiger charge is -2.34.